The molecule has 54 heavy (non-hydrogen) atoms. The first-order chi connectivity index (χ1) is 24.6. The van der Waals surface area contributed by atoms with Crippen molar-refractivity contribution in [2.45, 2.75) is 157 Å². The summed E-state index contributed by atoms with van der Waals surface area (Å²) in [6.45, 7) is 29.5. The Labute approximate surface area is 321 Å². The second-order valence-corrected chi connectivity index (χ2v) is 19.1. The van der Waals surface area contributed by atoms with E-state index in [0.717, 1.165) is 13.7 Å². The molecular formula is C45H63N3O6. The molecule has 0 saturated heterocycles. The lowest BCUT2D eigenvalue weighted by atomic mass is 9.82. The molecule has 3 N–H and O–H groups in total. The van der Waals surface area contributed by atoms with Gasteiger partial charge in [-0.3, -0.25) is 0 Å². The van der Waals surface area contributed by atoms with Crippen molar-refractivity contribution in [3.8, 4) is 17.2 Å². The third-order valence-corrected chi connectivity index (χ3v) is 10.3. The fourth-order valence-corrected chi connectivity index (χ4v) is 7.10. The van der Waals surface area contributed by atoms with Crippen molar-refractivity contribution >= 4 is 0 Å². The summed E-state index contributed by atoms with van der Waals surface area (Å²) in [5, 5.41) is 33.8. The molecule has 0 amide bonds. The van der Waals surface area contributed by atoms with Gasteiger partial charge in [0.05, 0.1) is 19.6 Å². The number of phenolic OH excluding ortho intramolecular Hbond substituents is 3. The average Bonchev–Trinajstić information content (AvgIpc) is 3.03. The van der Waals surface area contributed by atoms with E-state index >= 15 is 0 Å². The summed E-state index contributed by atoms with van der Waals surface area (Å²) in [6, 6.07) is 11.0. The molecule has 0 aliphatic carbocycles. The number of aromatic hydroxyl groups is 3. The molecule has 0 bridgehead atoms. The monoisotopic (exact) mass is 741 g/mol. The highest BCUT2D eigenvalue weighted by atomic mass is 16.3. The van der Waals surface area contributed by atoms with E-state index in [0.29, 0.717) is 50.1 Å². The molecule has 4 aromatic rings. The van der Waals surface area contributed by atoms with Crippen molar-refractivity contribution in [2.24, 2.45) is 0 Å². The van der Waals surface area contributed by atoms with Crippen LogP contribution in [0.2, 0.25) is 0 Å². The van der Waals surface area contributed by atoms with E-state index in [9.17, 15) is 29.7 Å². The first-order valence-corrected chi connectivity index (χ1v) is 19.2. The second kappa shape index (κ2) is 15.0. The molecule has 294 valence electrons. The van der Waals surface area contributed by atoms with Crippen LogP contribution >= 0.6 is 0 Å². The predicted octanol–water partition coefficient (Wildman–Crippen LogP) is 8.70. The minimum atomic E-state index is -0.752. The van der Waals surface area contributed by atoms with Gasteiger partial charge in [-0.25, -0.2) is 28.1 Å². The van der Waals surface area contributed by atoms with Gasteiger partial charge in [0.2, 0.25) is 0 Å². The highest BCUT2D eigenvalue weighted by Gasteiger charge is 2.27. The van der Waals surface area contributed by atoms with Crippen LogP contribution in [0.3, 0.4) is 0 Å². The number of nitrogens with zero attached hydrogens (tertiary/aromatic N) is 3. The van der Waals surface area contributed by atoms with Crippen LogP contribution in [-0.2, 0) is 35.9 Å². The largest absolute Gasteiger partial charge is 0.507 e. The van der Waals surface area contributed by atoms with Gasteiger partial charge in [0.25, 0.3) is 0 Å². The van der Waals surface area contributed by atoms with Crippen molar-refractivity contribution in [3.63, 3.8) is 0 Å². The molecule has 0 fully saturated rings. The maximum absolute atomic E-state index is 14.5. The number of benzene rings is 3. The van der Waals surface area contributed by atoms with E-state index in [2.05, 4.69) is 0 Å². The fourth-order valence-electron chi connectivity index (χ4n) is 7.10. The Kier molecular flexibility index (Phi) is 11.7. The van der Waals surface area contributed by atoms with Crippen LogP contribution in [0.4, 0.5) is 0 Å². The molecule has 9 nitrogen and oxygen atoms in total. The Bertz CT molecular complexity index is 1950. The molecular weight excluding hydrogens is 679 g/mol. The van der Waals surface area contributed by atoms with Gasteiger partial charge in [-0.15, -0.1) is 0 Å². The Hall–Kier alpha value is -4.53. The molecule has 0 aliphatic heterocycles. The first-order valence-electron chi connectivity index (χ1n) is 19.2. The Morgan fingerprint density at radius 1 is 0.426 bits per heavy atom. The minimum absolute atomic E-state index is 0.0308. The maximum atomic E-state index is 14.5. The van der Waals surface area contributed by atoms with Gasteiger partial charge in [-0.1, -0.05) is 122 Å². The molecule has 1 heterocycles. The van der Waals surface area contributed by atoms with Crippen molar-refractivity contribution in [2.75, 3.05) is 0 Å². The van der Waals surface area contributed by atoms with Crippen molar-refractivity contribution in [1.29, 1.82) is 0 Å². The van der Waals surface area contributed by atoms with Crippen LogP contribution in [0.25, 0.3) is 0 Å². The van der Waals surface area contributed by atoms with Crippen molar-refractivity contribution < 1.29 is 15.3 Å². The molecule has 4 rings (SSSR count). The summed E-state index contributed by atoms with van der Waals surface area (Å²) in [5.41, 5.74) is 2.64. The molecule has 0 radical (unpaired) electrons. The van der Waals surface area contributed by atoms with Gasteiger partial charge < -0.3 is 15.3 Å². The van der Waals surface area contributed by atoms with Crippen molar-refractivity contribution in [1.82, 2.24) is 13.7 Å². The Morgan fingerprint density at radius 3 is 0.796 bits per heavy atom. The highest BCUT2D eigenvalue weighted by molar-refractivity contribution is 5.50. The number of phenols is 3. The van der Waals surface area contributed by atoms with E-state index in [-0.39, 0.29) is 54.6 Å². The lowest BCUT2D eigenvalue weighted by molar-refractivity contribution is 0.436. The maximum Gasteiger partial charge on any atom is 0.336 e. The summed E-state index contributed by atoms with van der Waals surface area (Å²) in [5.74, 6) is 0.496. The number of rotatable bonds is 9. The topological polar surface area (TPSA) is 127 Å². The molecule has 0 atom stereocenters. The predicted molar refractivity (Wildman–Crippen MR) is 219 cm³/mol. The van der Waals surface area contributed by atoms with E-state index in [4.69, 9.17) is 0 Å². The third kappa shape index (κ3) is 8.55. The smallest absolute Gasteiger partial charge is 0.336 e. The number of aromatic nitrogens is 3. The minimum Gasteiger partial charge on any atom is -0.507 e. The zero-order chi connectivity index (χ0) is 41.0. The summed E-state index contributed by atoms with van der Waals surface area (Å²) in [7, 11) is 0. The van der Waals surface area contributed by atoms with Gasteiger partial charge in [0, 0.05) is 0 Å². The molecule has 0 saturated carbocycles. The quantitative estimate of drug-likeness (QED) is 0.158. The molecule has 3 aromatic carbocycles. The highest BCUT2D eigenvalue weighted by Crippen LogP contribution is 2.40. The first kappa shape index (κ1) is 42.2. The van der Waals surface area contributed by atoms with Crippen LogP contribution in [0.15, 0.2) is 50.8 Å². The van der Waals surface area contributed by atoms with Crippen LogP contribution in [-0.4, -0.2) is 29.0 Å². The van der Waals surface area contributed by atoms with E-state index in [1.807, 2.05) is 140 Å². The second-order valence-electron chi connectivity index (χ2n) is 19.1. The van der Waals surface area contributed by atoms with E-state index in [1.165, 1.54) is 0 Å². The summed E-state index contributed by atoms with van der Waals surface area (Å²) in [4.78, 5) is 43.5. The van der Waals surface area contributed by atoms with E-state index < -0.39 is 33.3 Å². The third-order valence-electron chi connectivity index (χ3n) is 10.3. The van der Waals surface area contributed by atoms with Crippen LogP contribution in [0.1, 0.15) is 172 Å². The SMILES string of the molecule is CC(C)c1cc(Cn2c(=O)n(Cc3cc(C(C)C)c(O)c(C(C)(C)C)c3)c(=O)n(Cc3cc(C(C)C)c(O)c(C(C)(C)C)c3)c2=O)cc(C(C)(C)C)c1O. The fraction of sp³-hybridized carbons (Fsp3) is 0.533. The lowest BCUT2D eigenvalue weighted by Gasteiger charge is -2.25. The number of hydrogen-bond donors (Lipinski definition) is 3. The van der Waals surface area contributed by atoms with E-state index in [1.54, 1.807) is 0 Å². The lowest BCUT2D eigenvalue weighted by Crippen LogP contribution is -2.54. The van der Waals surface area contributed by atoms with Crippen molar-refractivity contribution in [3.05, 3.63) is 118 Å². The molecule has 1 aromatic heterocycles. The molecule has 0 unspecified atom stereocenters. The number of hydrogen-bond acceptors (Lipinski definition) is 6. The average molecular weight is 742 g/mol. The molecule has 9 heteroatoms. The van der Waals surface area contributed by atoms with Gasteiger partial charge in [0.1, 0.15) is 17.2 Å². The molecule has 0 aliphatic rings. The van der Waals surface area contributed by atoms with Gasteiger partial charge >= 0.3 is 17.1 Å². The zero-order valence-electron chi connectivity index (χ0n) is 35.2. The Balaban J connectivity index is 2.07. The van der Waals surface area contributed by atoms with Gasteiger partial charge in [-0.05, 0) is 102 Å². The standard InChI is InChI=1S/C45H63N3O6/c1-25(2)31-16-28(19-34(37(31)49)43(7,8)9)22-46-40(52)47(23-29-17-32(26(3)4)38(50)35(20-29)44(10,11)12)42(54)48(41(46)53)24-30-18-33(27(5)6)39(51)36(21-30)45(13,14)15/h16-21,25-27,49-51H,22-24H2,1-15H3. The van der Waals surface area contributed by atoms with Crippen LogP contribution in [0.5, 0.6) is 17.2 Å². The van der Waals surface area contributed by atoms with Crippen LogP contribution in [0, 0.1) is 0 Å². The summed E-state index contributed by atoms with van der Waals surface area (Å²) < 4.78 is 3.31. The van der Waals surface area contributed by atoms with Crippen LogP contribution < -0.4 is 17.1 Å². The van der Waals surface area contributed by atoms with Gasteiger partial charge in [0.15, 0.2) is 0 Å². The summed E-state index contributed by atoms with van der Waals surface area (Å²) in [6.07, 6.45) is 0. The summed E-state index contributed by atoms with van der Waals surface area (Å²) >= 11 is 0. The molecule has 0 spiro atoms. The normalized spacial score (nSPS) is 12.8. The zero-order valence-corrected chi connectivity index (χ0v) is 35.2. The Morgan fingerprint density at radius 2 is 0.630 bits per heavy atom. The van der Waals surface area contributed by atoms with Gasteiger partial charge in [-0.2, -0.15) is 0 Å².